The number of aromatic nitrogens is 1. The molecule has 0 radical (unpaired) electrons. The van der Waals surface area contributed by atoms with Gasteiger partial charge in [-0.1, -0.05) is 42.5 Å². The van der Waals surface area contributed by atoms with Crippen LogP contribution in [0.25, 0.3) is 10.2 Å². The third-order valence-electron chi connectivity index (χ3n) is 4.98. The van der Waals surface area contributed by atoms with Gasteiger partial charge < -0.3 is 9.80 Å². The first-order valence-electron chi connectivity index (χ1n) is 9.08. The first kappa shape index (κ1) is 17.2. The Morgan fingerprint density at radius 2 is 1.88 bits per heavy atom. The van der Waals surface area contributed by atoms with E-state index in [1.165, 1.54) is 10.3 Å². The number of fused-ring (bicyclic) bond motifs is 1. The highest BCUT2D eigenvalue weighted by Gasteiger charge is 2.29. The van der Waals surface area contributed by atoms with Crippen molar-refractivity contribution in [2.24, 2.45) is 0 Å². The van der Waals surface area contributed by atoms with Crippen LogP contribution in [0.4, 0.5) is 0 Å². The van der Waals surface area contributed by atoms with Gasteiger partial charge in [0.2, 0.25) is 5.91 Å². The largest absolute Gasteiger partial charge is 0.333 e. The molecule has 0 spiro atoms. The van der Waals surface area contributed by atoms with Crippen molar-refractivity contribution in [3.8, 4) is 0 Å². The lowest BCUT2D eigenvalue weighted by molar-refractivity contribution is -0.136. The second-order valence-corrected chi connectivity index (χ2v) is 7.97. The van der Waals surface area contributed by atoms with Gasteiger partial charge in [-0.05, 0) is 24.7 Å². The second-order valence-electron chi connectivity index (χ2n) is 6.85. The Labute approximate surface area is 158 Å². The van der Waals surface area contributed by atoms with Crippen molar-refractivity contribution in [2.45, 2.75) is 18.9 Å². The maximum atomic E-state index is 13.0. The molecule has 0 saturated carbocycles. The molecule has 1 aromatic heterocycles. The van der Waals surface area contributed by atoms with Gasteiger partial charge in [-0.2, -0.15) is 0 Å². The summed E-state index contributed by atoms with van der Waals surface area (Å²) in [6.45, 7) is 2.60. The van der Waals surface area contributed by atoms with E-state index in [1.807, 2.05) is 36.4 Å². The molecule has 0 bridgehead atoms. The fourth-order valence-corrected chi connectivity index (χ4v) is 4.53. The molecule has 1 fully saturated rings. The number of likely N-dealkylation sites (N-methyl/N-ethyl adjacent to an activating group) is 1. The van der Waals surface area contributed by atoms with Gasteiger partial charge in [0.1, 0.15) is 0 Å². The summed E-state index contributed by atoms with van der Waals surface area (Å²) in [6.07, 6.45) is 1.24. The molecule has 26 heavy (non-hydrogen) atoms. The third kappa shape index (κ3) is 3.64. The maximum absolute atomic E-state index is 13.0. The van der Waals surface area contributed by atoms with Crippen LogP contribution in [0, 0.1) is 0 Å². The first-order chi connectivity index (χ1) is 12.7. The lowest BCUT2D eigenvalue weighted by Crippen LogP contribution is -2.49. The summed E-state index contributed by atoms with van der Waals surface area (Å²) in [4.78, 5) is 22.0. The molecule has 2 heterocycles. The highest BCUT2D eigenvalue weighted by atomic mass is 32.1. The van der Waals surface area contributed by atoms with Crippen LogP contribution >= 0.6 is 11.3 Å². The molecular weight excluding hydrogens is 342 g/mol. The lowest BCUT2D eigenvalue weighted by atomic mass is 10.0. The molecule has 4 rings (SSSR count). The van der Waals surface area contributed by atoms with Crippen molar-refractivity contribution >= 4 is 27.5 Å². The van der Waals surface area contributed by atoms with Gasteiger partial charge in [-0.3, -0.25) is 4.79 Å². The number of thiazole rings is 1. The average Bonchev–Trinajstić information content (AvgIpc) is 3.10. The minimum atomic E-state index is 0.137. The molecule has 4 nitrogen and oxygen atoms in total. The van der Waals surface area contributed by atoms with Crippen molar-refractivity contribution in [3.63, 3.8) is 0 Å². The van der Waals surface area contributed by atoms with Crippen LogP contribution in [0.15, 0.2) is 54.6 Å². The minimum Gasteiger partial charge on any atom is -0.333 e. The van der Waals surface area contributed by atoms with Crippen LogP contribution in [-0.2, 0) is 11.2 Å². The third-order valence-corrected chi connectivity index (χ3v) is 6.08. The lowest BCUT2D eigenvalue weighted by Gasteiger charge is -2.40. The van der Waals surface area contributed by atoms with E-state index in [1.54, 1.807) is 11.3 Å². The number of carbonyl (C=O) groups excluding carboxylic acids is 1. The summed E-state index contributed by atoms with van der Waals surface area (Å²) in [5, 5.41) is 1.05. The molecule has 0 N–H and O–H groups in total. The zero-order valence-corrected chi connectivity index (χ0v) is 15.8. The Bertz CT molecular complexity index is 859. The molecule has 1 unspecified atom stereocenters. The van der Waals surface area contributed by atoms with Crippen molar-refractivity contribution in [2.75, 3.05) is 26.7 Å². The Kier molecular flexibility index (Phi) is 5.00. The Morgan fingerprint density at radius 3 is 2.69 bits per heavy atom. The van der Waals surface area contributed by atoms with Crippen molar-refractivity contribution in [3.05, 3.63) is 65.2 Å². The number of nitrogens with zero attached hydrogens (tertiary/aromatic N) is 3. The fraction of sp³-hybridized carbons (Fsp3) is 0.333. The molecule has 1 amide bonds. The zero-order chi connectivity index (χ0) is 17.9. The predicted octanol–water partition coefficient (Wildman–Crippen LogP) is 3.74. The zero-order valence-electron chi connectivity index (χ0n) is 15.0. The van der Waals surface area contributed by atoms with Crippen LogP contribution in [0.3, 0.4) is 0 Å². The number of piperazine rings is 1. The second kappa shape index (κ2) is 7.56. The standard InChI is InChI=1S/C21H23N3OS/c1-23-13-14-24(18(15-23)16-7-3-2-4-8-16)21(25)12-11-20-22-17-9-5-6-10-19(17)26-20/h2-10,18H,11-15H2,1H3. The summed E-state index contributed by atoms with van der Waals surface area (Å²) in [7, 11) is 2.12. The highest BCUT2D eigenvalue weighted by Crippen LogP contribution is 2.27. The number of hydrogen-bond acceptors (Lipinski definition) is 4. The van der Waals surface area contributed by atoms with E-state index < -0.39 is 0 Å². The van der Waals surface area contributed by atoms with E-state index in [0.717, 1.165) is 30.2 Å². The van der Waals surface area contributed by atoms with E-state index in [4.69, 9.17) is 0 Å². The van der Waals surface area contributed by atoms with Crippen LogP contribution in [0.1, 0.15) is 23.0 Å². The van der Waals surface area contributed by atoms with Crippen molar-refractivity contribution < 1.29 is 4.79 Å². The number of para-hydroxylation sites is 1. The molecule has 1 aliphatic heterocycles. The van der Waals surface area contributed by atoms with Crippen LogP contribution < -0.4 is 0 Å². The topological polar surface area (TPSA) is 36.4 Å². The number of carbonyl (C=O) groups is 1. The smallest absolute Gasteiger partial charge is 0.223 e. The van der Waals surface area contributed by atoms with E-state index >= 15 is 0 Å². The molecule has 2 aromatic carbocycles. The molecule has 1 atom stereocenters. The van der Waals surface area contributed by atoms with Crippen LogP contribution in [0.2, 0.25) is 0 Å². The molecule has 3 aromatic rings. The monoisotopic (exact) mass is 365 g/mol. The number of rotatable bonds is 4. The van der Waals surface area contributed by atoms with Crippen LogP contribution in [-0.4, -0.2) is 47.4 Å². The van der Waals surface area contributed by atoms with Gasteiger partial charge in [-0.15, -0.1) is 11.3 Å². The highest BCUT2D eigenvalue weighted by molar-refractivity contribution is 7.18. The molecule has 1 saturated heterocycles. The number of amides is 1. The Balaban J connectivity index is 1.46. The summed E-state index contributed by atoms with van der Waals surface area (Å²) < 4.78 is 1.19. The Morgan fingerprint density at radius 1 is 1.12 bits per heavy atom. The molecule has 134 valence electrons. The maximum Gasteiger partial charge on any atom is 0.223 e. The number of aryl methyl sites for hydroxylation is 1. The Hall–Kier alpha value is -2.24. The molecular formula is C21H23N3OS. The van der Waals surface area contributed by atoms with E-state index in [9.17, 15) is 4.79 Å². The summed E-state index contributed by atoms with van der Waals surface area (Å²) in [5.41, 5.74) is 2.24. The van der Waals surface area contributed by atoms with Gasteiger partial charge in [0.05, 0.1) is 21.3 Å². The quantitative estimate of drug-likeness (QED) is 0.707. The number of benzene rings is 2. The van der Waals surface area contributed by atoms with Gasteiger partial charge in [-0.25, -0.2) is 4.98 Å². The number of hydrogen-bond donors (Lipinski definition) is 0. The average molecular weight is 366 g/mol. The van der Waals surface area contributed by atoms with Gasteiger partial charge in [0.15, 0.2) is 0 Å². The van der Waals surface area contributed by atoms with Gasteiger partial charge in [0, 0.05) is 32.5 Å². The van der Waals surface area contributed by atoms with Crippen molar-refractivity contribution in [1.29, 1.82) is 0 Å². The molecule has 1 aliphatic rings. The van der Waals surface area contributed by atoms with Crippen LogP contribution in [0.5, 0.6) is 0 Å². The summed E-state index contributed by atoms with van der Waals surface area (Å²) >= 11 is 1.69. The summed E-state index contributed by atoms with van der Waals surface area (Å²) in [5.74, 6) is 0.228. The SMILES string of the molecule is CN1CCN(C(=O)CCc2nc3ccccc3s2)C(c2ccccc2)C1. The minimum absolute atomic E-state index is 0.137. The van der Waals surface area contributed by atoms with Crippen molar-refractivity contribution in [1.82, 2.24) is 14.8 Å². The first-order valence-corrected chi connectivity index (χ1v) is 9.90. The van der Waals surface area contributed by atoms with Gasteiger partial charge >= 0.3 is 0 Å². The molecule has 0 aliphatic carbocycles. The normalized spacial score (nSPS) is 18.3. The van der Waals surface area contributed by atoms with E-state index in [2.05, 4.69) is 40.0 Å². The van der Waals surface area contributed by atoms with E-state index in [-0.39, 0.29) is 11.9 Å². The van der Waals surface area contributed by atoms with E-state index in [0.29, 0.717) is 12.8 Å². The molecule has 5 heteroatoms. The van der Waals surface area contributed by atoms with Gasteiger partial charge in [0.25, 0.3) is 0 Å². The fourth-order valence-electron chi connectivity index (χ4n) is 3.56. The summed E-state index contributed by atoms with van der Waals surface area (Å²) in [6, 6.07) is 18.7. The predicted molar refractivity (Wildman–Crippen MR) is 106 cm³/mol.